The fourth-order valence-corrected chi connectivity index (χ4v) is 3.00. The highest BCUT2D eigenvalue weighted by atomic mass is 16.5. The van der Waals surface area contributed by atoms with Crippen molar-refractivity contribution in [1.29, 1.82) is 0 Å². The lowest BCUT2D eigenvalue weighted by Crippen LogP contribution is -2.30. The van der Waals surface area contributed by atoms with Crippen molar-refractivity contribution in [1.82, 2.24) is 5.43 Å². The monoisotopic (exact) mass is 365 g/mol. The normalized spacial score (nSPS) is 16.7. The van der Waals surface area contributed by atoms with Gasteiger partial charge in [-0.1, -0.05) is 31.2 Å². The maximum atomic E-state index is 12.3. The van der Waals surface area contributed by atoms with Gasteiger partial charge in [-0.15, -0.1) is 0 Å². The Hall–Kier alpha value is -3.15. The highest BCUT2D eigenvalue weighted by Crippen LogP contribution is 2.26. The first kappa shape index (κ1) is 18.6. The molecule has 0 bridgehead atoms. The van der Waals surface area contributed by atoms with E-state index >= 15 is 0 Å². The van der Waals surface area contributed by atoms with Crippen molar-refractivity contribution in [3.8, 4) is 5.75 Å². The molecule has 0 radical (unpaired) electrons. The summed E-state index contributed by atoms with van der Waals surface area (Å²) in [7, 11) is 1.59. The Labute approximate surface area is 158 Å². The van der Waals surface area contributed by atoms with Crippen LogP contribution in [0.1, 0.15) is 24.5 Å². The van der Waals surface area contributed by atoms with Gasteiger partial charge in [0, 0.05) is 18.7 Å². The number of hydrogen-bond acceptors (Lipinski definition) is 4. The summed E-state index contributed by atoms with van der Waals surface area (Å²) in [5.41, 5.74) is 5.47. The summed E-state index contributed by atoms with van der Waals surface area (Å²) in [5.74, 6) is -0.0135. The van der Waals surface area contributed by atoms with Crippen LogP contribution in [0.2, 0.25) is 0 Å². The van der Waals surface area contributed by atoms with Crippen molar-refractivity contribution < 1.29 is 14.3 Å². The van der Waals surface area contributed by atoms with Gasteiger partial charge in [-0.05, 0) is 41.8 Å². The molecule has 27 heavy (non-hydrogen) atoms. The number of methoxy groups -OCH3 is 1. The molecule has 1 fully saturated rings. The molecule has 140 valence electrons. The first-order valence-corrected chi connectivity index (χ1v) is 8.97. The van der Waals surface area contributed by atoms with E-state index in [0.29, 0.717) is 6.54 Å². The molecule has 2 amide bonds. The lowest BCUT2D eigenvalue weighted by Gasteiger charge is -2.16. The van der Waals surface area contributed by atoms with Crippen LogP contribution in [0.4, 0.5) is 5.69 Å². The third kappa shape index (κ3) is 4.53. The van der Waals surface area contributed by atoms with E-state index in [2.05, 4.69) is 17.5 Å². The Morgan fingerprint density at radius 3 is 2.56 bits per heavy atom. The van der Waals surface area contributed by atoms with Crippen molar-refractivity contribution in [3.63, 3.8) is 0 Å². The Balaban J connectivity index is 1.57. The average molecular weight is 365 g/mol. The predicted molar refractivity (Wildman–Crippen MR) is 105 cm³/mol. The van der Waals surface area contributed by atoms with Crippen molar-refractivity contribution in [2.45, 2.75) is 19.8 Å². The van der Waals surface area contributed by atoms with E-state index in [1.807, 2.05) is 36.4 Å². The molecular formula is C21H23N3O3. The molecule has 1 N–H and O–H groups in total. The van der Waals surface area contributed by atoms with E-state index in [-0.39, 0.29) is 18.2 Å². The molecule has 1 aliphatic rings. The van der Waals surface area contributed by atoms with Crippen LogP contribution >= 0.6 is 0 Å². The number of rotatable bonds is 6. The first-order chi connectivity index (χ1) is 13.1. The van der Waals surface area contributed by atoms with Crippen LogP contribution in [0.15, 0.2) is 53.6 Å². The Morgan fingerprint density at radius 2 is 1.93 bits per heavy atom. The lowest BCUT2D eigenvalue weighted by molar-refractivity contribution is -0.126. The summed E-state index contributed by atoms with van der Waals surface area (Å²) in [4.78, 5) is 26.2. The maximum Gasteiger partial charge on any atom is 0.245 e. The minimum absolute atomic E-state index is 0.0700. The van der Waals surface area contributed by atoms with Gasteiger partial charge in [0.05, 0.1) is 19.2 Å². The summed E-state index contributed by atoms with van der Waals surface area (Å²) < 4.78 is 5.13. The highest BCUT2D eigenvalue weighted by molar-refractivity contribution is 6.00. The number of hydrogen-bond donors (Lipinski definition) is 1. The molecule has 3 rings (SSSR count). The minimum Gasteiger partial charge on any atom is -0.497 e. The molecule has 1 atom stereocenters. The number of ether oxygens (including phenoxy) is 1. The zero-order valence-electron chi connectivity index (χ0n) is 15.5. The molecule has 0 aliphatic carbocycles. The molecule has 0 spiro atoms. The van der Waals surface area contributed by atoms with Crippen molar-refractivity contribution >= 4 is 23.7 Å². The fraction of sp³-hybridized carbons (Fsp3) is 0.286. The van der Waals surface area contributed by atoms with Gasteiger partial charge in [0.1, 0.15) is 5.75 Å². The van der Waals surface area contributed by atoms with Crippen molar-refractivity contribution in [2.24, 2.45) is 11.0 Å². The summed E-state index contributed by atoms with van der Waals surface area (Å²) in [5, 5.41) is 4.02. The number of hydrazone groups is 1. The Bertz CT molecular complexity index is 829. The molecule has 1 aliphatic heterocycles. The second-order valence-corrected chi connectivity index (χ2v) is 6.43. The lowest BCUT2D eigenvalue weighted by atomic mass is 10.1. The largest absolute Gasteiger partial charge is 0.497 e. The summed E-state index contributed by atoms with van der Waals surface area (Å²) in [6.45, 7) is 2.44. The summed E-state index contributed by atoms with van der Waals surface area (Å²) in [6.07, 6.45) is 2.77. The van der Waals surface area contributed by atoms with Gasteiger partial charge < -0.3 is 9.64 Å². The number of anilines is 1. The van der Waals surface area contributed by atoms with Gasteiger partial charge in [-0.3, -0.25) is 9.59 Å². The van der Waals surface area contributed by atoms with Gasteiger partial charge in [-0.25, -0.2) is 5.43 Å². The van der Waals surface area contributed by atoms with Crippen LogP contribution in [0.5, 0.6) is 5.75 Å². The van der Waals surface area contributed by atoms with Crippen molar-refractivity contribution in [3.05, 3.63) is 59.7 Å². The highest BCUT2D eigenvalue weighted by Gasteiger charge is 2.35. The SMILES string of the molecule is CCc1ccc(/C=N\NC(=O)[C@@H]2CC(=O)N(c3ccc(OC)cc3)C2)cc1. The second-order valence-electron chi connectivity index (χ2n) is 6.43. The van der Waals surface area contributed by atoms with E-state index in [0.717, 1.165) is 23.4 Å². The van der Waals surface area contributed by atoms with E-state index in [1.165, 1.54) is 5.56 Å². The smallest absolute Gasteiger partial charge is 0.245 e. The number of benzene rings is 2. The van der Waals surface area contributed by atoms with Crippen LogP contribution < -0.4 is 15.1 Å². The standard InChI is InChI=1S/C21H23N3O3/c1-3-15-4-6-16(7-5-15)13-22-23-21(26)17-12-20(25)24(14-17)18-8-10-19(27-2)11-9-18/h4-11,13,17H,3,12,14H2,1-2H3,(H,23,26)/b22-13-/t17-/m1/s1. The van der Waals surface area contributed by atoms with E-state index < -0.39 is 5.92 Å². The number of nitrogens with zero attached hydrogens (tertiary/aromatic N) is 2. The number of nitrogens with one attached hydrogen (secondary N) is 1. The Kier molecular flexibility index (Phi) is 5.86. The maximum absolute atomic E-state index is 12.3. The zero-order chi connectivity index (χ0) is 19.2. The summed E-state index contributed by atoms with van der Waals surface area (Å²) in [6, 6.07) is 15.2. The van der Waals surface area contributed by atoms with Gasteiger partial charge in [0.2, 0.25) is 11.8 Å². The predicted octanol–water partition coefficient (Wildman–Crippen LogP) is 2.76. The zero-order valence-corrected chi connectivity index (χ0v) is 15.5. The Morgan fingerprint density at radius 1 is 1.22 bits per heavy atom. The van der Waals surface area contributed by atoms with Crippen LogP contribution in [0, 0.1) is 5.92 Å². The quantitative estimate of drug-likeness (QED) is 0.632. The van der Waals surface area contributed by atoms with Gasteiger partial charge in [0.15, 0.2) is 0 Å². The molecule has 2 aromatic carbocycles. The average Bonchev–Trinajstić information content (AvgIpc) is 3.10. The third-order valence-electron chi connectivity index (χ3n) is 4.66. The number of amides is 2. The molecule has 1 heterocycles. The van der Waals surface area contributed by atoms with E-state index in [9.17, 15) is 9.59 Å². The van der Waals surface area contributed by atoms with E-state index in [4.69, 9.17) is 4.74 Å². The summed E-state index contributed by atoms with van der Waals surface area (Å²) >= 11 is 0. The molecule has 2 aromatic rings. The van der Waals surface area contributed by atoms with Gasteiger partial charge in [0.25, 0.3) is 0 Å². The molecule has 0 aromatic heterocycles. The van der Waals surface area contributed by atoms with Crippen LogP contribution in [-0.2, 0) is 16.0 Å². The minimum atomic E-state index is -0.417. The number of aryl methyl sites for hydroxylation is 1. The number of carbonyl (C=O) groups excluding carboxylic acids is 2. The second kappa shape index (κ2) is 8.49. The first-order valence-electron chi connectivity index (χ1n) is 8.97. The third-order valence-corrected chi connectivity index (χ3v) is 4.66. The van der Waals surface area contributed by atoms with Crippen LogP contribution in [-0.4, -0.2) is 31.7 Å². The molecule has 0 saturated carbocycles. The molecule has 0 unspecified atom stereocenters. The fourth-order valence-electron chi connectivity index (χ4n) is 3.00. The van der Waals surface area contributed by atoms with Crippen LogP contribution in [0.25, 0.3) is 0 Å². The number of carbonyl (C=O) groups is 2. The van der Waals surface area contributed by atoms with Gasteiger partial charge in [-0.2, -0.15) is 5.10 Å². The van der Waals surface area contributed by atoms with Crippen LogP contribution in [0.3, 0.4) is 0 Å². The van der Waals surface area contributed by atoms with Crippen molar-refractivity contribution in [2.75, 3.05) is 18.6 Å². The topological polar surface area (TPSA) is 71.0 Å². The molecule has 1 saturated heterocycles. The molecule has 6 nitrogen and oxygen atoms in total. The molecule has 6 heteroatoms. The van der Waals surface area contributed by atoms with Gasteiger partial charge >= 0.3 is 0 Å². The van der Waals surface area contributed by atoms with E-state index in [1.54, 1.807) is 30.4 Å². The molecular weight excluding hydrogens is 342 g/mol.